The fourth-order valence-electron chi connectivity index (χ4n) is 10.5. The summed E-state index contributed by atoms with van der Waals surface area (Å²) in [5.41, 5.74) is 0. The maximum Gasteiger partial charge on any atom is 0.306 e. The Kier molecular flexibility index (Phi) is 63.6. The first-order valence-electron chi connectivity index (χ1n) is 34.3. The Bertz CT molecular complexity index is 1230. The van der Waals surface area contributed by atoms with Crippen LogP contribution in [0.25, 0.3) is 0 Å². The van der Waals surface area contributed by atoms with Gasteiger partial charge in [-0.15, -0.1) is 0 Å². The van der Waals surface area contributed by atoms with Crippen LogP contribution < -0.4 is 0 Å². The number of esters is 3. The van der Waals surface area contributed by atoms with Gasteiger partial charge in [-0.05, 0) is 51.4 Å². The highest BCUT2D eigenvalue weighted by Gasteiger charge is 2.19. The molecule has 0 amide bonds. The fraction of sp³-hybridized carbons (Fsp3) is 0.900. The molecule has 0 aliphatic rings. The number of rotatable bonds is 64. The molecule has 0 aromatic rings. The maximum atomic E-state index is 12.9. The van der Waals surface area contributed by atoms with Crippen molar-refractivity contribution in [1.82, 2.24) is 0 Å². The van der Waals surface area contributed by atoms with E-state index in [4.69, 9.17) is 14.2 Å². The highest BCUT2D eigenvalue weighted by molar-refractivity contribution is 5.71. The van der Waals surface area contributed by atoms with Crippen molar-refractivity contribution in [2.45, 2.75) is 393 Å². The summed E-state index contributed by atoms with van der Waals surface area (Å²) in [6.45, 7) is 6.70. The van der Waals surface area contributed by atoms with Gasteiger partial charge >= 0.3 is 17.9 Å². The van der Waals surface area contributed by atoms with Crippen LogP contribution in [0.3, 0.4) is 0 Å². The number of carbonyl (C=O) groups excluding carboxylic acids is 3. The predicted molar refractivity (Wildman–Crippen MR) is 330 cm³/mol. The standard InChI is InChI=1S/C70H132O6/c1-4-7-10-13-16-19-22-25-27-28-29-30-31-32-33-34-35-36-37-38-39-40-41-42-43-46-48-51-54-57-60-63-69(72)75-66-67(65-74-68(71)62-59-56-53-50-47-44-24-21-18-15-12-9-6-3)76-70(73)64-61-58-55-52-49-45-26-23-20-17-14-11-8-5-2/h22,25,28-29,67H,4-21,23-24,26-27,30-66H2,1-3H3/b25-22-,29-28-. The van der Waals surface area contributed by atoms with E-state index in [1.165, 1.54) is 283 Å². The lowest BCUT2D eigenvalue weighted by molar-refractivity contribution is -0.167. The maximum absolute atomic E-state index is 12.9. The molecule has 0 aromatic carbocycles. The smallest absolute Gasteiger partial charge is 0.306 e. The van der Waals surface area contributed by atoms with E-state index >= 15 is 0 Å². The van der Waals surface area contributed by atoms with Crippen LogP contribution >= 0.6 is 0 Å². The van der Waals surface area contributed by atoms with Gasteiger partial charge < -0.3 is 14.2 Å². The summed E-state index contributed by atoms with van der Waals surface area (Å²) >= 11 is 0. The van der Waals surface area contributed by atoms with Gasteiger partial charge in [0.1, 0.15) is 13.2 Å². The molecule has 0 rings (SSSR count). The van der Waals surface area contributed by atoms with Gasteiger partial charge in [0.05, 0.1) is 0 Å². The quantitative estimate of drug-likeness (QED) is 0.0261. The molecule has 0 radical (unpaired) electrons. The topological polar surface area (TPSA) is 78.9 Å². The van der Waals surface area contributed by atoms with Gasteiger partial charge in [-0.25, -0.2) is 0 Å². The number of unbranched alkanes of at least 4 members (excludes halogenated alkanes) is 49. The molecule has 0 heterocycles. The molecule has 0 aliphatic heterocycles. The van der Waals surface area contributed by atoms with E-state index in [-0.39, 0.29) is 31.1 Å². The number of hydrogen-bond acceptors (Lipinski definition) is 6. The van der Waals surface area contributed by atoms with Crippen molar-refractivity contribution in [2.24, 2.45) is 0 Å². The molecule has 76 heavy (non-hydrogen) atoms. The van der Waals surface area contributed by atoms with Crippen molar-refractivity contribution < 1.29 is 28.6 Å². The second kappa shape index (κ2) is 65.4. The minimum Gasteiger partial charge on any atom is -0.462 e. The van der Waals surface area contributed by atoms with Gasteiger partial charge in [-0.3, -0.25) is 14.4 Å². The second-order valence-electron chi connectivity index (χ2n) is 23.5. The monoisotopic (exact) mass is 1070 g/mol. The Morgan fingerprint density at radius 1 is 0.263 bits per heavy atom. The molecule has 0 saturated heterocycles. The van der Waals surface area contributed by atoms with Crippen molar-refractivity contribution in [3.63, 3.8) is 0 Å². The van der Waals surface area contributed by atoms with E-state index in [2.05, 4.69) is 45.1 Å². The molecule has 6 nitrogen and oxygen atoms in total. The highest BCUT2D eigenvalue weighted by atomic mass is 16.6. The van der Waals surface area contributed by atoms with Crippen molar-refractivity contribution in [3.8, 4) is 0 Å². The molecule has 0 spiro atoms. The van der Waals surface area contributed by atoms with Gasteiger partial charge in [0.15, 0.2) is 6.10 Å². The summed E-state index contributed by atoms with van der Waals surface area (Å²) in [6, 6.07) is 0. The average molecular weight is 1070 g/mol. The van der Waals surface area contributed by atoms with Gasteiger partial charge in [0.25, 0.3) is 0 Å². The average Bonchev–Trinajstić information content (AvgIpc) is 3.42. The third-order valence-corrected chi connectivity index (χ3v) is 15.7. The van der Waals surface area contributed by atoms with E-state index in [9.17, 15) is 14.4 Å². The summed E-state index contributed by atoms with van der Waals surface area (Å²) in [7, 11) is 0. The molecule has 0 N–H and O–H groups in total. The van der Waals surface area contributed by atoms with E-state index < -0.39 is 6.10 Å². The zero-order valence-electron chi connectivity index (χ0n) is 51.6. The van der Waals surface area contributed by atoms with Crippen LogP contribution in [0.5, 0.6) is 0 Å². The molecule has 0 aromatic heterocycles. The van der Waals surface area contributed by atoms with Gasteiger partial charge in [0, 0.05) is 19.3 Å². The van der Waals surface area contributed by atoms with E-state index in [1.54, 1.807) is 0 Å². The largest absolute Gasteiger partial charge is 0.462 e. The molecule has 0 aliphatic carbocycles. The summed E-state index contributed by atoms with van der Waals surface area (Å²) in [6.07, 6.45) is 79.2. The van der Waals surface area contributed by atoms with Crippen LogP contribution in [0.4, 0.5) is 0 Å². The van der Waals surface area contributed by atoms with Crippen LogP contribution in [0, 0.1) is 0 Å². The third-order valence-electron chi connectivity index (χ3n) is 15.7. The fourth-order valence-corrected chi connectivity index (χ4v) is 10.5. The van der Waals surface area contributed by atoms with Crippen molar-refractivity contribution >= 4 is 17.9 Å². The summed E-state index contributed by atoms with van der Waals surface area (Å²) in [4.78, 5) is 38.3. The van der Waals surface area contributed by atoms with Crippen molar-refractivity contribution in [1.29, 1.82) is 0 Å². The van der Waals surface area contributed by atoms with Crippen LogP contribution in [0.2, 0.25) is 0 Å². The normalized spacial score (nSPS) is 12.1. The summed E-state index contributed by atoms with van der Waals surface area (Å²) in [5, 5.41) is 0. The lowest BCUT2D eigenvalue weighted by Gasteiger charge is -2.18. The van der Waals surface area contributed by atoms with Crippen LogP contribution in [0.15, 0.2) is 24.3 Å². The Hall–Kier alpha value is -2.11. The molecule has 1 atom stereocenters. The molecule has 448 valence electrons. The number of ether oxygens (including phenoxy) is 3. The Morgan fingerprint density at radius 2 is 0.474 bits per heavy atom. The van der Waals surface area contributed by atoms with Gasteiger partial charge in [-0.1, -0.05) is 340 Å². The lowest BCUT2D eigenvalue weighted by Crippen LogP contribution is -2.30. The van der Waals surface area contributed by atoms with E-state index in [1.807, 2.05) is 0 Å². The Morgan fingerprint density at radius 3 is 0.724 bits per heavy atom. The van der Waals surface area contributed by atoms with E-state index in [0.717, 1.165) is 64.2 Å². The van der Waals surface area contributed by atoms with Gasteiger partial charge in [-0.2, -0.15) is 0 Å². The number of carbonyl (C=O) groups is 3. The van der Waals surface area contributed by atoms with Crippen molar-refractivity contribution in [2.75, 3.05) is 13.2 Å². The molecular formula is C70H132O6. The zero-order chi connectivity index (χ0) is 55.0. The Balaban J connectivity index is 4.09. The molecule has 0 saturated carbocycles. The van der Waals surface area contributed by atoms with E-state index in [0.29, 0.717) is 19.3 Å². The van der Waals surface area contributed by atoms with Crippen LogP contribution in [-0.4, -0.2) is 37.2 Å². The first-order chi connectivity index (χ1) is 37.5. The van der Waals surface area contributed by atoms with Crippen LogP contribution in [-0.2, 0) is 28.6 Å². The van der Waals surface area contributed by atoms with Crippen LogP contribution in [0.1, 0.15) is 387 Å². The zero-order valence-corrected chi connectivity index (χ0v) is 51.6. The predicted octanol–water partition coefficient (Wildman–Crippen LogP) is 23.4. The summed E-state index contributed by atoms with van der Waals surface area (Å²) in [5.74, 6) is -0.832. The summed E-state index contributed by atoms with van der Waals surface area (Å²) < 4.78 is 16.9. The number of hydrogen-bond donors (Lipinski definition) is 0. The minimum absolute atomic E-state index is 0.0632. The first-order valence-corrected chi connectivity index (χ1v) is 34.3. The molecule has 0 fully saturated rings. The number of allylic oxidation sites excluding steroid dienone is 4. The molecule has 0 bridgehead atoms. The first kappa shape index (κ1) is 73.9. The molecular weight excluding hydrogens is 937 g/mol. The van der Waals surface area contributed by atoms with Crippen molar-refractivity contribution in [3.05, 3.63) is 24.3 Å². The molecule has 6 heteroatoms. The second-order valence-corrected chi connectivity index (χ2v) is 23.5. The SMILES string of the molecule is CCCCCCC/C=C\C/C=C\CCCCCCCCCCCCCCCCCCCCCC(=O)OCC(COC(=O)CCCCCCCCCCCCCCC)OC(=O)CCCCCCCCCCCCCCCC. The third kappa shape index (κ3) is 62.7. The minimum atomic E-state index is -0.765. The lowest BCUT2D eigenvalue weighted by atomic mass is 10.0. The van der Waals surface area contributed by atoms with Gasteiger partial charge in [0.2, 0.25) is 0 Å². The highest BCUT2D eigenvalue weighted by Crippen LogP contribution is 2.18. The molecule has 1 unspecified atom stereocenters. The Labute approximate surface area is 474 Å².